The minimum absolute atomic E-state index is 1.11. The number of nitrogens with zero attached hydrogens (tertiary/aromatic N) is 1. The first-order valence-electron chi connectivity index (χ1n) is 6.43. The summed E-state index contributed by atoms with van der Waals surface area (Å²) >= 11 is 0. The SMILES string of the molecule is CCc1cccc(N2CCNCC2)c1CC. The molecule has 0 unspecified atom stereocenters. The van der Waals surface area contributed by atoms with Crippen molar-refractivity contribution in [1.29, 1.82) is 0 Å². The lowest BCUT2D eigenvalue weighted by molar-refractivity contribution is 0.587. The van der Waals surface area contributed by atoms with Gasteiger partial charge in [0.25, 0.3) is 0 Å². The summed E-state index contributed by atoms with van der Waals surface area (Å²) in [5.41, 5.74) is 4.52. The summed E-state index contributed by atoms with van der Waals surface area (Å²) in [5.74, 6) is 0. The van der Waals surface area contributed by atoms with Gasteiger partial charge in [-0.2, -0.15) is 0 Å². The second kappa shape index (κ2) is 5.35. The van der Waals surface area contributed by atoms with Crippen molar-refractivity contribution in [3.05, 3.63) is 29.3 Å². The van der Waals surface area contributed by atoms with Gasteiger partial charge in [0.2, 0.25) is 0 Å². The van der Waals surface area contributed by atoms with Gasteiger partial charge in [-0.3, -0.25) is 0 Å². The fourth-order valence-corrected chi connectivity index (χ4v) is 2.56. The molecule has 16 heavy (non-hydrogen) atoms. The first-order valence-corrected chi connectivity index (χ1v) is 6.43. The molecule has 0 amide bonds. The highest BCUT2D eigenvalue weighted by atomic mass is 15.2. The van der Waals surface area contributed by atoms with E-state index in [2.05, 4.69) is 42.3 Å². The van der Waals surface area contributed by atoms with Crippen LogP contribution in [-0.2, 0) is 12.8 Å². The molecule has 2 rings (SSSR count). The second-order valence-electron chi connectivity index (χ2n) is 4.36. The van der Waals surface area contributed by atoms with Crippen molar-refractivity contribution in [2.75, 3.05) is 31.1 Å². The predicted molar refractivity (Wildman–Crippen MR) is 70.3 cm³/mol. The van der Waals surface area contributed by atoms with Crippen LogP contribution in [0.5, 0.6) is 0 Å². The third kappa shape index (κ3) is 2.22. The summed E-state index contributed by atoms with van der Waals surface area (Å²) in [6.45, 7) is 9.01. The van der Waals surface area contributed by atoms with E-state index in [0.717, 1.165) is 39.0 Å². The zero-order chi connectivity index (χ0) is 11.4. The van der Waals surface area contributed by atoms with Crippen LogP contribution in [0.25, 0.3) is 0 Å². The molecule has 0 radical (unpaired) electrons. The molecule has 0 spiro atoms. The van der Waals surface area contributed by atoms with Crippen LogP contribution >= 0.6 is 0 Å². The maximum absolute atomic E-state index is 3.41. The van der Waals surface area contributed by atoms with E-state index >= 15 is 0 Å². The van der Waals surface area contributed by atoms with Crippen LogP contribution in [0, 0.1) is 0 Å². The molecule has 1 aromatic rings. The first-order chi connectivity index (χ1) is 7.86. The Morgan fingerprint density at radius 1 is 1.12 bits per heavy atom. The molecule has 2 nitrogen and oxygen atoms in total. The van der Waals surface area contributed by atoms with Gasteiger partial charge in [-0.05, 0) is 30.0 Å². The van der Waals surface area contributed by atoms with Crippen LogP contribution in [0.4, 0.5) is 5.69 Å². The Labute approximate surface area is 98.7 Å². The Balaban J connectivity index is 2.30. The normalized spacial score (nSPS) is 16.5. The van der Waals surface area contributed by atoms with E-state index in [0.29, 0.717) is 0 Å². The number of aryl methyl sites for hydroxylation is 1. The number of hydrogen-bond donors (Lipinski definition) is 1. The molecule has 1 aliphatic rings. The number of rotatable bonds is 3. The molecule has 88 valence electrons. The summed E-state index contributed by atoms with van der Waals surface area (Å²) < 4.78 is 0. The second-order valence-corrected chi connectivity index (χ2v) is 4.36. The average Bonchev–Trinajstić information content (AvgIpc) is 2.38. The Bertz CT molecular complexity index is 341. The lowest BCUT2D eigenvalue weighted by Gasteiger charge is -2.31. The largest absolute Gasteiger partial charge is 0.369 e. The minimum Gasteiger partial charge on any atom is -0.369 e. The third-order valence-corrected chi connectivity index (χ3v) is 3.44. The molecule has 1 fully saturated rings. The van der Waals surface area contributed by atoms with Crippen molar-refractivity contribution in [3.63, 3.8) is 0 Å². The quantitative estimate of drug-likeness (QED) is 0.837. The summed E-state index contributed by atoms with van der Waals surface area (Å²) in [5, 5.41) is 3.41. The van der Waals surface area contributed by atoms with Gasteiger partial charge >= 0.3 is 0 Å². The van der Waals surface area contributed by atoms with Crippen LogP contribution in [-0.4, -0.2) is 26.2 Å². The van der Waals surface area contributed by atoms with Gasteiger partial charge in [-0.25, -0.2) is 0 Å². The standard InChI is InChI=1S/C14H22N2/c1-3-12-6-5-7-14(13(12)4-2)16-10-8-15-9-11-16/h5-7,15H,3-4,8-11H2,1-2H3. The van der Waals surface area contributed by atoms with Crippen LogP contribution in [0.15, 0.2) is 18.2 Å². The molecule has 1 N–H and O–H groups in total. The van der Waals surface area contributed by atoms with E-state index in [1.54, 1.807) is 5.56 Å². The van der Waals surface area contributed by atoms with E-state index in [-0.39, 0.29) is 0 Å². The van der Waals surface area contributed by atoms with Gasteiger partial charge < -0.3 is 10.2 Å². The topological polar surface area (TPSA) is 15.3 Å². The Morgan fingerprint density at radius 3 is 2.50 bits per heavy atom. The number of benzene rings is 1. The molecule has 0 atom stereocenters. The first kappa shape index (κ1) is 11.5. The number of hydrogen-bond acceptors (Lipinski definition) is 2. The fourth-order valence-electron chi connectivity index (χ4n) is 2.56. The number of piperazine rings is 1. The Hall–Kier alpha value is -1.02. The third-order valence-electron chi connectivity index (χ3n) is 3.44. The van der Waals surface area contributed by atoms with Gasteiger partial charge in [0.1, 0.15) is 0 Å². The summed E-state index contributed by atoms with van der Waals surface area (Å²) in [6, 6.07) is 6.75. The number of nitrogens with one attached hydrogen (secondary N) is 1. The Morgan fingerprint density at radius 2 is 1.88 bits per heavy atom. The molecule has 1 aromatic carbocycles. The predicted octanol–water partition coefficient (Wildman–Crippen LogP) is 2.22. The van der Waals surface area contributed by atoms with Crippen molar-refractivity contribution in [3.8, 4) is 0 Å². The van der Waals surface area contributed by atoms with Gasteiger partial charge in [-0.1, -0.05) is 26.0 Å². The fraction of sp³-hybridized carbons (Fsp3) is 0.571. The molecule has 2 heteroatoms. The zero-order valence-electron chi connectivity index (χ0n) is 10.4. The van der Waals surface area contributed by atoms with E-state index in [1.165, 1.54) is 11.3 Å². The van der Waals surface area contributed by atoms with Crippen LogP contribution < -0.4 is 10.2 Å². The van der Waals surface area contributed by atoms with Crippen molar-refractivity contribution in [1.82, 2.24) is 5.32 Å². The van der Waals surface area contributed by atoms with E-state index in [4.69, 9.17) is 0 Å². The molecular formula is C14H22N2. The van der Waals surface area contributed by atoms with Crippen molar-refractivity contribution in [2.24, 2.45) is 0 Å². The molecule has 1 heterocycles. The average molecular weight is 218 g/mol. The van der Waals surface area contributed by atoms with Gasteiger partial charge in [-0.15, -0.1) is 0 Å². The highest BCUT2D eigenvalue weighted by Crippen LogP contribution is 2.25. The lowest BCUT2D eigenvalue weighted by Crippen LogP contribution is -2.44. The maximum atomic E-state index is 3.41. The van der Waals surface area contributed by atoms with Crippen molar-refractivity contribution < 1.29 is 0 Å². The van der Waals surface area contributed by atoms with Crippen molar-refractivity contribution >= 4 is 5.69 Å². The lowest BCUT2D eigenvalue weighted by atomic mass is 10.00. The van der Waals surface area contributed by atoms with Gasteiger partial charge in [0.15, 0.2) is 0 Å². The number of anilines is 1. The molecule has 0 saturated carbocycles. The molecular weight excluding hydrogens is 196 g/mol. The Kier molecular flexibility index (Phi) is 3.83. The van der Waals surface area contributed by atoms with E-state index in [1.807, 2.05) is 0 Å². The van der Waals surface area contributed by atoms with Gasteiger partial charge in [0.05, 0.1) is 0 Å². The maximum Gasteiger partial charge on any atom is 0.0402 e. The van der Waals surface area contributed by atoms with Gasteiger partial charge in [0, 0.05) is 31.9 Å². The highest BCUT2D eigenvalue weighted by Gasteiger charge is 2.14. The molecule has 0 aliphatic carbocycles. The summed E-state index contributed by atoms with van der Waals surface area (Å²) in [6.07, 6.45) is 2.28. The minimum atomic E-state index is 1.11. The van der Waals surface area contributed by atoms with E-state index in [9.17, 15) is 0 Å². The molecule has 0 bridgehead atoms. The summed E-state index contributed by atoms with van der Waals surface area (Å²) in [7, 11) is 0. The van der Waals surface area contributed by atoms with Crippen molar-refractivity contribution in [2.45, 2.75) is 26.7 Å². The molecule has 0 aromatic heterocycles. The van der Waals surface area contributed by atoms with Crippen LogP contribution in [0.2, 0.25) is 0 Å². The van der Waals surface area contributed by atoms with Crippen LogP contribution in [0.1, 0.15) is 25.0 Å². The molecule has 1 aliphatic heterocycles. The smallest absolute Gasteiger partial charge is 0.0402 e. The monoisotopic (exact) mass is 218 g/mol. The highest BCUT2D eigenvalue weighted by molar-refractivity contribution is 5.57. The molecule has 1 saturated heterocycles. The zero-order valence-corrected chi connectivity index (χ0v) is 10.4. The van der Waals surface area contributed by atoms with Crippen LogP contribution in [0.3, 0.4) is 0 Å². The summed E-state index contributed by atoms with van der Waals surface area (Å²) in [4.78, 5) is 2.52. The van der Waals surface area contributed by atoms with E-state index < -0.39 is 0 Å².